The number of benzene rings is 1. The van der Waals surface area contributed by atoms with Crippen molar-refractivity contribution < 1.29 is 23.1 Å². The highest BCUT2D eigenvalue weighted by atomic mass is 19.4. The second kappa shape index (κ2) is 9.13. The Morgan fingerprint density at radius 2 is 1.71 bits per heavy atom. The second-order valence-electron chi connectivity index (χ2n) is 7.78. The first kappa shape index (κ1) is 20.9. The number of piperazine rings is 1. The Hall–Kier alpha value is -1.80. The number of anilines is 1. The minimum atomic E-state index is -4.31. The summed E-state index contributed by atoms with van der Waals surface area (Å²) in [7, 11) is 0. The lowest BCUT2D eigenvalue weighted by Crippen LogP contribution is -2.47. The SMILES string of the molecule is O=C(O)CN1CCC(CCN2CCN(c3cccc(C(F)(F)F)c3)CC2)CC1. The molecule has 156 valence electrons. The summed E-state index contributed by atoms with van der Waals surface area (Å²) in [5, 5.41) is 8.86. The first-order valence-electron chi connectivity index (χ1n) is 9.90. The van der Waals surface area contributed by atoms with Crippen molar-refractivity contribution in [1.29, 1.82) is 0 Å². The molecule has 0 atom stereocenters. The summed E-state index contributed by atoms with van der Waals surface area (Å²) >= 11 is 0. The lowest BCUT2D eigenvalue weighted by molar-refractivity contribution is -0.139. The average molecular weight is 399 g/mol. The molecule has 1 aromatic rings. The van der Waals surface area contributed by atoms with Gasteiger partial charge in [0.2, 0.25) is 0 Å². The number of hydrogen-bond acceptors (Lipinski definition) is 4. The van der Waals surface area contributed by atoms with Crippen molar-refractivity contribution in [3.8, 4) is 0 Å². The van der Waals surface area contributed by atoms with E-state index in [-0.39, 0.29) is 6.54 Å². The smallest absolute Gasteiger partial charge is 0.416 e. The first-order chi connectivity index (χ1) is 13.3. The van der Waals surface area contributed by atoms with E-state index in [1.165, 1.54) is 12.1 Å². The molecule has 2 aliphatic rings. The van der Waals surface area contributed by atoms with Crippen LogP contribution in [0.2, 0.25) is 0 Å². The number of rotatable bonds is 6. The molecule has 0 spiro atoms. The van der Waals surface area contributed by atoms with Crippen LogP contribution in [0.15, 0.2) is 24.3 Å². The van der Waals surface area contributed by atoms with Gasteiger partial charge in [-0.3, -0.25) is 14.6 Å². The van der Waals surface area contributed by atoms with Crippen LogP contribution in [0.1, 0.15) is 24.8 Å². The molecular weight excluding hydrogens is 371 g/mol. The molecule has 1 aromatic carbocycles. The maximum Gasteiger partial charge on any atom is 0.416 e. The normalized spacial score (nSPS) is 20.5. The molecule has 3 rings (SSSR count). The quantitative estimate of drug-likeness (QED) is 0.797. The van der Waals surface area contributed by atoms with Crippen LogP contribution in [0.25, 0.3) is 0 Å². The number of alkyl halides is 3. The van der Waals surface area contributed by atoms with Gasteiger partial charge in [-0.1, -0.05) is 6.07 Å². The predicted octanol–water partition coefficient (Wildman–Crippen LogP) is 3.01. The highest BCUT2D eigenvalue weighted by Gasteiger charge is 2.31. The Morgan fingerprint density at radius 3 is 2.32 bits per heavy atom. The van der Waals surface area contributed by atoms with Gasteiger partial charge in [0.1, 0.15) is 0 Å². The summed E-state index contributed by atoms with van der Waals surface area (Å²) < 4.78 is 38.7. The number of nitrogens with zero attached hydrogens (tertiary/aromatic N) is 3. The maximum atomic E-state index is 12.9. The number of likely N-dealkylation sites (tertiary alicyclic amines) is 1. The number of aliphatic carboxylic acids is 1. The van der Waals surface area contributed by atoms with Gasteiger partial charge in [0.05, 0.1) is 12.1 Å². The molecular formula is C20H28F3N3O2. The summed E-state index contributed by atoms with van der Waals surface area (Å²) in [6.45, 7) is 6.00. The molecule has 1 N–H and O–H groups in total. The first-order valence-corrected chi connectivity index (χ1v) is 9.90. The third-order valence-electron chi connectivity index (χ3n) is 5.83. The van der Waals surface area contributed by atoms with E-state index in [4.69, 9.17) is 5.11 Å². The summed E-state index contributed by atoms with van der Waals surface area (Å²) in [5.41, 5.74) is 0.0435. The molecule has 8 heteroatoms. The van der Waals surface area contributed by atoms with Gasteiger partial charge in [0.15, 0.2) is 0 Å². The maximum absolute atomic E-state index is 12.9. The monoisotopic (exact) mass is 399 g/mol. The number of piperidine rings is 1. The van der Waals surface area contributed by atoms with Gasteiger partial charge >= 0.3 is 12.1 Å². The standard InChI is InChI=1S/C20H28F3N3O2/c21-20(22,23)17-2-1-3-18(14-17)26-12-10-24(11-13-26)7-4-16-5-8-25(9-6-16)15-19(27)28/h1-3,14,16H,4-13,15H2,(H,27,28). The zero-order valence-electron chi connectivity index (χ0n) is 16.0. The molecule has 5 nitrogen and oxygen atoms in total. The zero-order valence-corrected chi connectivity index (χ0v) is 16.0. The largest absolute Gasteiger partial charge is 0.480 e. The summed E-state index contributed by atoms with van der Waals surface area (Å²) in [6, 6.07) is 5.57. The van der Waals surface area contributed by atoms with Crippen LogP contribution in [0.4, 0.5) is 18.9 Å². The van der Waals surface area contributed by atoms with Crippen LogP contribution < -0.4 is 4.90 Å². The van der Waals surface area contributed by atoms with Crippen molar-refractivity contribution in [1.82, 2.24) is 9.80 Å². The van der Waals surface area contributed by atoms with E-state index in [1.807, 2.05) is 9.80 Å². The molecule has 0 saturated carbocycles. The van der Waals surface area contributed by atoms with Gasteiger partial charge in [-0.05, 0) is 63.0 Å². The van der Waals surface area contributed by atoms with Crippen molar-refractivity contribution in [2.75, 3.05) is 57.3 Å². The number of halogens is 3. The Kier molecular flexibility index (Phi) is 6.82. The van der Waals surface area contributed by atoms with E-state index in [2.05, 4.69) is 4.90 Å². The minimum Gasteiger partial charge on any atom is -0.480 e. The molecule has 2 aliphatic heterocycles. The lowest BCUT2D eigenvalue weighted by atomic mass is 9.93. The van der Waals surface area contributed by atoms with Gasteiger partial charge in [0.25, 0.3) is 0 Å². The Labute approximate surface area is 163 Å². The van der Waals surface area contributed by atoms with E-state index in [0.29, 0.717) is 11.6 Å². The van der Waals surface area contributed by atoms with Gasteiger partial charge in [-0.15, -0.1) is 0 Å². The molecule has 0 bridgehead atoms. The number of carboxylic acid groups (broad SMARTS) is 1. The van der Waals surface area contributed by atoms with Gasteiger partial charge < -0.3 is 10.0 Å². The zero-order chi connectivity index (χ0) is 20.1. The van der Waals surface area contributed by atoms with E-state index in [1.54, 1.807) is 6.07 Å². The number of hydrogen-bond donors (Lipinski definition) is 1. The van der Waals surface area contributed by atoms with Crippen molar-refractivity contribution in [3.63, 3.8) is 0 Å². The average Bonchev–Trinajstić information content (AvgIpc) is 2.67. The fourth-order valence-corrected chi connectivity index (χ4v) is 4.10. The summed E-state index contributed by atoms with van der Waals surface area (Å²) in [4.78, 5) is 17.2. The second-order valence-corrected chi connectivity index (χ2v) is 7.78. The van der Waals surface area contributed by atoms with Crippen molar-refractivity contribution >= 4 is 11.7 Å². The minimum absolute atomic E-state index is 0.129. The third kappa shape index (κ3) is 5.85. The highest BCUT2D eigenvalue weighted by molar-refractivity contribution is 5.69. The molecule has 0 amide bonds. The topological polar surface area (TPSA) is 47.0 Å². The number of carboxylic acids is 1. The third-order valence-corrected chi connectivity index (χ3v) is 5.83. The number of carbonyl (C=O) groups is 1. The predicted molar refractivity (Wildman–Crippen MR) is 102 cm³/mol. The van der Waals surface area contributed by atoms with Gasteiger partial charge in [0, 0.05) is 31.9 Å². The Morgan fingerprint density at radius 1 is 1.04 bits per heavy atom. The molecule has 0 unspecified atom stereocenters. The van der Waals surface area contributed by atoms with Crippen LogP contribution in [-0.4, -0.2) is 73.2 Å². The molecule has 2 saturated heterocycles. The Balaban J connectivity index is 1.40. The molecule has 0 radical (unpaired) electrons. The lowest BCUT2D eigenvalue weighted by Gasteiger charge is -2.37. The van der Waals surface area contributed by atoms with Gasteiger partial charge in [-0.2, -0.15) is 13.2 Å². The fraction of sp³-hybridized carbons (Fsp3) is 0.650. The van der Waals surface area contributed by atoms with E-state index < -0.39 is 17.7 Å². The fourth-order valence-electron chi connectivity index (χ4n) is 4.10. The molecule has 2 heterocycles. The summed E-state index contributed by atoms with van der Waals surface area (Å²) in [5.74, 6) is -0.136. The van der Waals surface area contributed by atoms with Crippen molar-refractivity contribution in [2.45, 2.75) is 25.4 Å². The van der Waals surface area contributed by atoms with Crippen LogP contribution in [0.5, 0.6) is 0 Å². The van der Waals surface area contributed by atoms with Crippen LogP contribution in [0, 0.1) is 5.92 Å². The van der Waals surface area contributed by atoms with E-state index in [9.17, 15) is 18.0 Å². The van der Waals surface area contributed by atoms with Crippen molar-refractivity contribution in [3.05, 3.63) is 29.8 Å². The molecule has 0 aromatic heterocycles. The van der Waals surface area contributed by atoms with Crippen LogP contribution in [0.3, 0.4) is 0 Å². The Bertz CT molecular complexity index is 652. The molecule has 0 aliphatic carbocycles. The highest BCUT2D eigenvalue weighted by Crippen LogP contribution is 2.32. The van der Waals surface area contributed by atoms with Crippen LogP contribution in [-0.2, 0) is 11.0 Å². The van der Waals surface area contributed by atoms with E-state index in [0.717, 1.165) is 71.1 Å². The van der Waals surface area contributed by atoms with Crippen LogP contribution >= 0.6 is 0 Å². The van der Waals surface area contributed by atoms with E-state index >= 15 is 0 Å². The summed E-state index contributed by atoms with van der Waals surface area (Å²) in [6.07, 6.45) is -1.13. The molecule has 28 heavy (non-hydrogen) atoms. The molecule has 2 fully saturated rings. The van der Waals surface area contributed by atoms with Crippen molar-refractivity contribution in [2.24, 2.45) is 5.92 Å². The van der Waals surface area contributed by atoms with Gasteiger partial charge in [-0.25, -0.2) is 0 Å².